The number of nitrogens with one attached hydrogen (secondary N) is 2. The Morgan fingerprint density at radius 3 is 2.79 bits per heavy atom. The van der Waals surface area contributed by atoms with E-state index in [1.807, 2.05) is 0 Å². The first-order chi connectivity index (χ1) is 6.83. The van der Waals surface area contributed by atoms with Gasteiger partial charge in [0.05, 0.1) is 13.2 Å². The molecule has 0 spiro atoms. The lowest BCUT2D eigenvalue weighted by atomic mass is 10.2. The Morgan fingerprint density at radius 1 is 1.43 bits per heavy atom. The molecule has 0 aromatic rings. The first kappa shape index (κ1) is 11.5. The maximum absolute atomic E-state index is 11.3. The number of methoxy groups -OCH3 is 1. The van der Waals surface area contributed by atoms with E-state index < -0.39 is 0 Å². The number of carbonyl (C=O) groups excluding carboxylic acids is 1. The number of carbonyl (C=O) groups is 1. The van der Waals surface area contributed by atoms with Crippen LogP contribution in [0.5, 0.6) is 0 Å². The standard InChI is InChI=1S/C10H20N2O2/c1-14-7-6-11-8-10(13)12-9-4-2-3-5-9/h9,11H,2-8H2,1H3,(H,12,13). The molecule has 0 saturated heterocycles. The van der Waals surface area contributed by atoms with Crippen molar-refractivity contribution in [1.29, 1.82) is 0 Å². The monoisotopic (exact) mass is 200 g/mol. The third-order valence-corrected chi connectivity index (χ3v) is 2.49. The SMILES string of the molecule is COCCNCC(=O)NC1CCCC1. The Hall–Kier alpha value is -0.610. The molecule has 0 bridgehead atoms. The third kappa shape index (κ3) is 4.58. The Labute approximate surface area is 85.4 Å². The zero-order valence-corrected chi connectivity index (χ0v) is 8.84. The van der Waals surface area contributed by atoms with E-state index in [0.717, 1.165) is 19.4 Å². The van der Waals surface area contributed by atoms with Crippen LogP contribution < -0.4 is 10.6 Å². The summed E-state index contributed by atoms with van der Waals surface area (Å²) in [7, 11) is 1.65. The minimum atomic E-state index is 0.105. The number of rotatable bonds is 6. The Balaban J connectivity index is 1.98. The van der Waals surface area contributed by atoms with E-state index in [0.29, 0.717) is 19.2 Å². The fourth-order valence-corrected chi connectivity index (χ4v) is 1.73. The van der Waals surface area contributed by atoms with Crippen molar-refractivity contribution in [2.75, 3.05) is 26.8 Å². The highest BCUT2D eigenvalue weighted by Crippen LogP contribution is 2.17. The lowest BCUT2D eigenvalue weighted by Crippen LogP contribution is -2.39. The Kier molecular flexibility index (Phi) is 5.56. The van der Waals surface area contributed by atoms with Crippen LogP contribution in [-0.4, -0.2) is 38.8 Å². The van der Waals surface area contributed by atoms with Gasteiger partial charge >= 0.3 is 0 Å². The minimum absolute atomic E-state index is 0.105. The zero-order chi connectivity index (χ0) is 10.2. The van der Waals surface area contributed by atoms with Crippen molar-refractivity contribution in [2.45, 2.75) is 31.7 Å². The Morgan fingerprint density at radius 2 is 2.14 bits per heavy atom. The molecule has 1 aliphatic rings. The van der Waals surface area contributed by atoms with Crippen molar-refractivity contribution >= 4 is 5.91 Å². The largest absolute Gasteiger partial charge is 0.383 e. The van der Waals surface area contributed by atoms with E-state index in [-0.39, 0.29) is 5.91 Å². The summed E-state index contributed by atoms with van der Waals surface area (Å²) in [6.45, 7) is 1.78. The van der Waals surface area contributed by atoms with Crippen LogP contribution in [0, 0.1) is 0 Å². The molecule has 0 unspecified atom stereocenters. The summed E-state index contributed by atoms with van der Waals surface area (Å²) >= 11 is 0. The average Bonchev–Trinajstić information content (AvgIpc) is 2.65. The van der Waals surface area contributed by atoms with Crippen LogP contribution in [0.4, 0.5) is 0 Å². The summed E-state index contributed by atoms with van der Waals surface area (Å²) in [6.07, 6.45) is 4.79. The van der Waals surface area contributed by atoms with Crippen LogP contribution in [0.2, 0.25) is 0 Å². The van der Waals surface area contributed by atoms with Gasteiger partial charge in [-0.1, -0.05) is 12.8 Å². The molecule has 4 nitrogen and oxygen atoms in total. The lowest BCUT2D eigenvalue weighted by molar-refractivity contribution is -0.120. The molecule has 1 fully saturated rings. The van der Waals surface area contributed by atoms with Crippen LogP contribution in [0.25, 0.3) is 0 Å². The average molecular weight is 200 g/mol. The van der Waals surface area contributed by atoms with Crippen molar-refractivity contribution < 1.29 is 9.53 Å². The zero-order valence-electron chi connectivity index (χ0n) is 8.84. The molecular formula is C10H20N2O2. The molecule has 1 aliphatic carbocycles. The highest BCUT2D eigenvalue weighted by Gasteiger charge is 2.16. The van der Waals surface area contributed by atoms with Crippen molar-refractivity contribution in [3.05, 3.63) is 0 Å². The van der Waals surface area contributed by atoms with E-state index in [2.05, 4.69) is 10.6 Å². The number of hydrogen-bond donors (Lipinski definition) is 2. The summed E-state index contributed by atoms with van der Waals surface area (Å²) in [5.41, 5.74) is 0. The van der Waals surface area contributed by atoms with Gasteiger partial charge in [-0.15, -0.1) is 0 Å². The molecule has 0 heterocycles. The van der Waals surface area contributed by atoms with Gasteiger partial charge in [-0.25, -0.2) is 0 Å². The van der Waals surface area contributed by atoms with Crippen molar-refractivity contribution in [3.63, 3.8) is 0 Å². The molecule has 0 aromatic carbocycles. The summed E-state index contributed by atoms with van der Waals surface area (Å²) in [4.78, 5) is 11.3. The van der Waals surface area contributed by atoms with Gasteiger partial charge < -0.3 is 15.4 Å². The molecule has 0 aliphatic heterocycles. The summed E-state index contributed by atoms with van der Waals surface area (Å²) < 4.78 is 4.86. The summed E-state index contributed by atoms with van der Waals surface area (Å²) in [5.74, 6) is 0.105. The van der Waals surface area contributed by atoms with E-state index in [1.165, 1.54) is 12.8 Å². The van der Waals surface area contributed by atoms with E-state index in [4.69, 9.17) is 4.74 Å². The maximum atomic E-state index is 11.3. The van der Waals surface area contributed by atoms with Crippen molar-refractivity contribution in [3.8, 4) is 0 Å². The molecule has 0 radical (unpaired) electrons. The predicted octanol–water partition coefficient (Wildman–Crippen LogP) is 0.281. The number of hydrogen-bond acceptors (Lipinski definition) is 3. The molecule has 14 heavy (non-hydrogen) atoms. The van der Waals surface area contributed by atoms with Gasteiger partial charge in [-0.2, -0.15) is 0 Å². The summed E-state index contributed by atoms with van der Waals surface area (Å²) in [5, 5.41) is 6.04. The minimum Gasteiger partial charge on any atom is -0.383 e. The van der Waals surface area contributed by atoms with Gasteiger partial charge in [-0.05, 0) is 12.8 Å². The van der Waals surface area contributed by atoms with E-state index in [1.54, 1.807) is 7.11 Å². The van der Waals surface area contributed by atoms with Gasteiger partial charge in [0.15, 0.2) is 0 Å². The van der Waals surface area contributed by atoms with Crippen LogP contribution in [0.3, 0.4) is 0 Å². The van der Waals surface area contributed by atoms with Crippen molar-refractivity contribution in [1.82, 2.24) is 10.6 Å². The second-order valence-electron chi connectivity index (χ2n) is 3.72. The van der Waals surface area contributed by atoms with Gasteiger partial charge in [0.2, 0.25) is 5.91 Å². The van der Waals surface area contributed by atoms with Gasteiger partial charge in [0.25, 0.3) is 0 Å². The second-order valence-corrected chi connectivity index (χ2v) is 3.72. The third-order valence-electron chi connectivity index (χ3n) is 2.49. The molecular weight excluding hydrogens is 180 g/mol. The number of amides is 1. The van der Waals surface area contributed by atoms with Crippen LogP contribution >= 0.6 is 0 Å². The highest BCUT2D eigenvalue weighted by molar-refractivity contribution is 5.78. The Bertz CT molecular complexity index is 168. The molecule has 2 N–H and O–H groups in total. The molecule has 1 amide bonds. The van der Waals surface area contributed by atoms with Crippen molar-refractivity contribution in [2.24, 2.45) is 0 Å². The molecule has 1 saturated carbocycles. The van der Waals surface area contributed by atoms with E-state index >= 15 is 0 Å². The molecule has 4 heteroatoms. The van der Waals surface area contributed by atoms with E-state index in [9.17, 15) is 4.79 Å². The van der Waals surface area contributed by atoms with Gasteiger partial charge in [-0.3, -0.25) is 4.79 Å². The lowest BCUT2D eigenvalue weighted by Gasteiger charge is -2.11. The topological polar surface area (TPSA) is 50.4 Å². The molecule has 0 atom stereocenters. The highest BCUT2D eigenvalue weighted by atomic mass is 16.5. The molecule has 1 rings (SSSR count). The fourth-order valence-electron chi connectivity index (χ4n) is 1.73. The van der Waals surface area contributed by atoms with Gasteiger partial charge in [0.1, 0.15) is 0 Å². The van der Waals surface area contributed by atoms with Crippen LogP contribution in [0.1, 0.15) is 25.7 Å². The van der Waals surface area contributed by atoms with Gasteiger partial charge in [0, 0.05) is 19.7 Å². The predicted molar refractivity (Wildman–Crippen MR) is 55.1 cm³/mol. The second kappa shape index (κ2) is 6.79. The first-order valence-corrected chi connectivity index (χ1v) is 5.32. The molecule has 0 aromatic heterocycles. The summed E-state index contributed by atoms with van der Waals surface area (Å²) in [6, 6.07) is 0.423. The maximum Gasteiger partial charge on any atom is 0.234 e. The van der Waals surface area contributed by atoms with Crippen LogP contribution in [0.15, 0.2) is 0 Å². The molecule has 82 valence electrons. The smallest absolute Gasteiger partial charge is 0.234 e. The normalized spacial score (nSPS) is 17.2. The fraction of sp³-hybridized carbons (Fsp3) is 0.900. The number of ether oxygens (including phenoxy) is 1. The van der Waals surface area contributed by atoms with Crippen LogP contribution in [-0.2, 0) is 9.53 Å². The first-order valence-electron chi connectivity index (χ1n) is 5.32. The quantitative estimate of drug-likeness (QED) is 0.606.